The average Bonchev–Trinajstić information content (AvgIpc) is 3.32. The summed E-state index contributed by atoms with van der Waals surface area (Å²) in [5.41, 5.74) is 2.68. The number of anilines is 1. The van der Waals surface area contributed by atoms with Gasteiger partial charge in [0, 0.05) is 20.0 Å². The quantitative estimate of drug-likeness (QED) is 0.595. The number of nitrogens with zero attached hydrogens (tertiary/aromatic N) is 1. The molecule has 0 aliphatic carbocycles. The molecule has 9 nitrogen and oxygen atoms in total. The standard InChI is InChI=1S/C24H31N3O6/c1-4-13(2)10-19(28)25-16-9-8-14-6-5-7-15-11-18(27(21(14)15)23(16)31)22(30)26-17-12-20(29)33-24(17)32-3/h5-7,13,16-18,24H,4,8-12H2,1-3H3,(H,25,28)(H,26,30). The molecule has 0 saturated carbocycles. The van der Waals surface area contributed by atoms with Crippen molar-refractivity contribution in [1.29, 1.82) is 0 Å². The van der Waals surface area contributed by atoms with Crippen LogP contribution < -0.4 is 15.5 Å². The first kappa shape index (κ1) is 23.2. The number of benzene rings is 1. The summed E-state index contributed by atoms with van der Waals surface area (Å²) in [6.45, 7) is 4.03. The Morgan fingerprint density at radius 1 is 1.21 bits per heavy atom. The molecule has 33 heavy (non-hydrogen) atoms. The molecular weight excluding hydrogens is 426 g/mol. The smallest absolute Gasteiger partial charge is 0.310 e. The second kappa shape index (κ2) is 9.51. The fourth-order valence-corrected chi connectivity index (χ4v) is 4.83. The van der Waals surface area contributed by atoms with Crippen LogP contribution in [0.2, 0.25) is 0 Å². The molecule has 2 N–H and O–H groups in total. The van der Waals surface area contributed by atoms with E-state index in [1.165, 1.54) is 7.11 Å². The van der Waals surface area contributed by atoms with Gasteiger partial charge in [0.05, 0.1) is 12.1 Å². The van der Waals surface area contributed by atoms with E-state index in [1.807, 2.05) is 32.0 Å². The van der Waals surface area contributed by atoms with E-state index in [1.54, 1.807) is 4.90 Å². The number of rotatable bonds is 7. The minimum absolute atomic E-state index is 0.0113. The van der Waals surface area contributed by atoms with Crippen molar-refractivity contribution in [2.75, 3.05) is 12.0 Å². The maximum absolute atomic E-state index is 13.6. The molecule has 9 heteroatoms. The third kappa shape index (κ3) is 4.59. The summed E-state index contributed by atoms with van der Waals surface area (Å²) in [6.07, 6.45) is 1.87. The molecule has 1 aromatic carbocycles. The molecule has 178 valence electrons. The van der Waals surface area contributed by atoms with Crippen LogP contribution >= 0.6 is 0 Å². The van der Waals surface area contributed by atoms with Gasteiger partial charge in [-0.25, -0.2) is 0 Å². The number of nitrogens with one attached hydrogen (secondary N) is 2. The molecule has 1 aromatic rings. The minimum atomic E-state index is -0.854. The van der Waals surface area contributed by atoms with Gasteiger partial charge >= 0.3 is 5.97 Å². The van der Waals surface area contributed by atoms with Crippen molar-refractivity contribution >= 4 is 29.4 Å². The van der Waals surface area contributed by atoms with E-state index in [0.717, 1.165) is 23.2 Å². The van der Waals surface area contributed by atoms with Crippen molar-refractivity contribution in [3.63, 3.8) is 0 Å². The summed E-state index contributed by atoms with van der Waals surface area (Å²) >= 11 is 0. The van der Waals surface area contributed by atoms with Crippen LogP contribution in [-0.4, -0.2) is 55.2 Å². The second-order valence-electron chi connectivity index (χ2n) is 9.14. The van der Waals surface area contributed by atoms with Gasteiger partial charge in [-0.05, 0) is 29.9 Å². The molecule has 3 aliphatic rings. The van der Waals surface area contributed by atoms with Crippen LogP contribution in [0.15, 0.2) is 18.2 Å². The van der Waals surface area contributed by atoms with Crippen molar-refractivity contribution in [2.45, 2.75) is 76.8 Å². The van der Waals surface area contributed by atoms with Crippen LogP contribution in [0.3, 0.4) is 0 Å². The molecule has 3 aliphatic heterocycles. The van der Waals surface area contributed by atoms with E-state index in [2.05, 4.69) is 10.6 Å². The summed E-state index contributed by atoms with van der Waals surface area (Å²) in [5, 5.41) is 5.74. The largest absolute Gasteiger partial charge is 0.433 e. The SMILES string of the molecule is CCC(C)CC(=O)NC1CCc2cccc3c2N(C1=O)C(C(=O)NC1CC(=O)OC1OC)C3. The van der Waals surface area contributed by atoms with E-state index >= 15 is 0 Å². The van der Waals surface area contributed by atoms with Gasteiger partial charge in [0.1, 0.15) is 18.1 Å². The third-order valence-electron chi connectivity index (χ3n) is 6.80. The topological polar surface area (TPSA) is 114 Å². The molecule has 1 fully saturated rings. The van der Waals surface area contributed by atoms with E-state index in [0.29, 0.717) is 25.7 Å². The number of carbonyl (C=O) groups excluding carboxylic acids is 4. The van der Waals surface area contributed by atoms with Gasteiger partial charge < -0.3 is 20.1 Å². The summed E-state index contributed by atoms with van der Waals surface area (Å²) < 4.78 is 10.2. The number of esters is 1. The van der Waals surface area contributed by atoms with Crippen molar-refractivity contribution in [1.82, 2.24) is 10.6 Å². The highest BCUT2D eigenvalue weighted by molar-refractivity contribution is 6.08. The Kier molecular flexibility index (Phi) is 6.69. The average molecular weight is 458 g/mol. The van der Waals surface area contributed by atoms with Gasteiger partial charge in [-0.1, -0.05) is 38.5 Å². The van der Waals surface area contributed by atoms with Gasteiger partial charge in [0.25, 0.3) is 0 Å². The molecule has 5 unspecified atom stereocenters. The lowest BCUT2D eigenvalue weighted by Crippen LogP contribution is -2.56. The molecule has 3 heterocycles. The Hall–Kier alpha value is -2.94. The summed E-state index contributed by atoms with van der Waals surface area (Å²) in [7, 11) is 1.41. The first-order valence-electron chi connectivity index (χ1n) is 11.6. The zero-order chi connectivity index (χ0) is 23.7. The maximum atomic E-state index is 13.6. The lowest BCUT2D eigenvalue weighted by molar-refractivity contribution is -0.160. The van der Waals surface area contributed by atoms with Crippen LogP contribution in [0.1, 0.15) is 50.7 Å². The van der Waals surface area contributed by atoms with E-state index in [4.69, 9.17) is 9.47 Å². The van der Waals surface area contributed by atoms with E-state index in [9.17, 15) is 19.2 Å². The van der Waals surface area contributed by atoms with Gasteiger partial charge in [0.15, 0.2) is 0 Å². The third-order valence-corrected chi connectivity index (χ3v) is 6.80. The fourth-order valence-electron chi connectivity index (χ4n) is 4.83. The molecule has 1 saturated heterocycles. The molecule has 4 rings (SSSR count). The van der Waals surface area contributed by atoms with Crippen LogP contribution in [-0.2, 0) is 41.5 Å². The Balaban J connectivity index is 1.56. The Morgan fingerprint density at radius 3 is 2.70 bits per heavy atom. The van der Waals surface area contributed by atoms with Crippen molar-refractivity contribution < 1.29 is 28.7 Å². The van der Waals surface area contributed by atoms with Crippen molar-refractivity contribution in [3.8, 4) is 0 Å². The zero-order valence-electron chi connectivity index (χ0n) is 19.3. The number of hydrogen-bond donors (Lipinski definition) is 2. The highest BCUT2D eigenvalue weighted by atomic mass is 16.7. The molecule has 0 aromatic heterocycles. The molecule has 5 atom stereocenters. The summed E-state index contributed by atoms with van der Waals surface area (Å²) in [4.78, 5) is 52.7. The number of carbonyl (C=O) groups is 4. The lowest BCUT2D eigenvalue weighted by Gasteiger charge is -2.29. The summed E-state index contributed by atoms with van der Waals surface area (Å²) in [5.74, 6) is -1.02. The number of aryl methyl sites for hydroxylation is 1. The minimum Gasteiger partial charge on any atom is -0.433 e. The van der Waals surface area contributed by atoms with E-state index in [-0.39, 0.29) is 30.1 Å². The zero-order valence-corrected chi connectivity index (χ0v) is 19.3. The fraction of sp³-hybridized carbons (Fsp3) is 0.583. The van der Waals surface area contributed by atoms with Gasteiger partial charge in [-0.3, -0.25) is 24.1 Å². The van der Waals surface area contributed by atoms with Crippen molar-refractivity contribution in [3.05, 3.63) is 29.3 Å². The Bertz CT molecular complexity index is 964. The number of amides is 3. The monoisotopic (exact) mass is 457 g/mol. The first-order chi connectivity index (χ1) is 15.8. The van der Waals surface area contributed by atoms with E-state index < -0.39 is 30.4 Å². The van der Waals surface area contributed by atoms with Gasteiger partial charge in [-0.15, -0.1) is 0 Å². The predicted octanol–water partition coefficient (Wildman–Crippen LogP) is 1.22. The number of para-hydroxylation sites is 1. The normalized spacial score (nSPS) is 26.9. The van der Waals surface area contributed by atoms with Crippen LogP contribution in [0, 0.1) is 5.92 Å². The predicted molar refractivity (Wildman–Crippen MR) is 119 cm³/mol. The first-order valence-corrected chi connectivity index (χ1v) is 11.6. The number of cyclic esters (lactones) is 1. The Labute approximate surface area is 193 Å². The number of ether oxygens (including phenoxy) is 2. The molecule has 0 radical (unpaired) electrons. The summed E-state index contributed by atoms with van der Waals surface area (Å²) in [6, 6.07) is 3.74. The lowest BCUT2D eigenvalue weighted by atomic mass is 10.0. The molecule has 0 bridgehead atoms. The second-order valence-corrected chi connectivity index (χ2v) is 9.14. The Morgan fingerprint density at radius 2 is 1.97 bits per heavy atom. The molecular formula is C24H31N3O6. The van der Waals surface area contributed by atoms with Crippen LogP contribution in [0.4, 0.5) is 5.69 Å². The number of methoxy groups -OCH3 is 1. The van der Waals surface area contributed by atoms with Gasteiger partial charge in [-0.2, -0.15) is 0 Å². The maximum Gasteiger partial charge on any atom is 0.310 e. The van der Waals surface area contributed by atoms with Crippen LogP contribution in [0.5, 0.6) is 0 Å². The van der Waals surface area contributed by atoms with Crippen molar-refractivity contribution in [2.24, 2.45) is 5.92 Å². The highest BCUT2D eigenvalue weighted by Gasteiger charge is 2.45. The highest BCUT2D eigenvalue weighted by Crippen LogP contribution is 2.39. The molecule has 3 amide bonds. The van der Waals surface area contributed by atoms with Gasteiger partial charge in [0.2, 0.25) is 24.0 Å². The van der Waals surface area contributed by atoms with Crippen LogP contribution in [0.25, 0.3) is 0 Å². The molecule has 0 spiro atoms. The number of hydrogen-bond acceptors (Lipinski definition) is 6.